The normalized spacial score (nSPS) is 11.5. The Hall–Kier alpha value is -1.82. The van der Waals surface area contributed by atoms with Crippen molar-refractivity contribution in [3.05, 3.63) is 30.0 Å². The molecule has 1 aromatic heterocycles. The number of benzene rings is 1. The Kier molecular flexibility index (Phi) is 3.61. The predicted octanol–water partition coefficient (Wildman–Crippen LogP) is 1.04. The van der Waals surface area contributed by atoms with E-state index < -0.39 is 19.8 Å². The van der Waals surface area contributed by atoms with E-state index in [1.165, 1.54) is 0 Å². The zero-order valence-corrected chi connectivity index (χ0v) is 11.0. The Morgan fingerprint density at radius 3 is 2.79 bits per heavy atom. The maximum Gasteiger partial charge on any atom is 0.344 e. The number of carbonyl (C=O) groups is 1. The number of fused-ring (bicyclic) bond motifs is 1. The molecule has 0 unspecified atom stereocenters. The number of methoxy groups -OCH3 is 1. The molecule has 0 saturated carbocycles. The molecule has 0 atom stereocenters. The van der Waals surface area contributed by atoms with Gasteiger partial charge in [0.2, 0.25) is 0 Å². The van der Waals surface area contributed by atoms with Crippen LogP contribution in [0.1, 0.15) is 10.5 Å². The zero-order chi connectivity index (χ0) is 14.0. The van der Waals surface area contributed by atoms with Gasteiger partial charge in [-0.2, -0.15) is 0 Å². The van der Waals surface area contributed by atoms with Gasteiger partial charge in [0, 0.05) is 10.9 Å². The Labute approximate surface area is 108 Å². The quantitative estimate of drug-likeness (QED) is 0.627. The molecule has 0 aliphatic heterocycles. The van der Waals surface area contributed by atoms with Crippen molar-refractivity contribution in [3.63, 3.8) is 0 Å². The van der Waals surface area contributed by atoms with Crippen LogP contribution in [-0.4, -0.2) is 34.1 Å². The molecule has 7 nitrogen and oxygen atoms in total. The lowest BCUT2D eigenvalue weighted by Crippen LogP contribution is -2.24. The van der Waals surface area contributed by atoms with Crippen molar-refractivity contribution in [1.29, 1.82) is 0 Å². The van der Waals surface area contributed by atoms with Crippen molar-refractivity contribution in [2.24, 2.45) is 0 Å². The minimum atomic E-state index is -4.25. The van der Waals surface area contributed by atoms with Gasteiger partial charge in [-0.15, -0.1) is 0 Å². The summed E-state index contributed by atoms with van der Waals surface area (Å²) in [5.41, 5.74) is 0.971. The van der Waals surface area contributed by atoms with Crippen molar-refractivity contribution in [2.45, 2.75) is 0 Å². The molecule has 102 valence electrons. The molecule has 0 aliphatic rings. The van der Waals surface area contributed by atoms with Gasteiger partial charge in [0.1, 0.15) is 17.7 Å². The summed E-state index contributed by atoms with van der Waals surface area (Å²) in [4.78, 5) is 31.9. The van der Waals surface area contributed by atoms with E-state index in [1.54, 1.807) is 31.4 Å². The topological polar surface area (TPSA) is 112 Å². The summed E-state index contributed by atoms with van der Waals surface area (Å²) in [6.45, 7) is 0. The van der Waals surface area contributed by atoms with Crippen LogP contribution in [0.5, 0.6) is 5.75 Å². The molecule has 1 amide bonds. The highest BCUT2D eigenvalue weighted by Crippen LogP contribution is 2.32. The van der Waals surface area contributed by atoms with E-state index in [0.717, 1.165) is 10.9 Å². The van der Waals surface area contributed by atoms with E-state index in [-0.39, 0.29) is 5.69 Å². The second kappa shape index (κ2) is 5.05. The van der Waals surface area contributed by atoms with Gasteiger partial charge in [-0.1, -0.05) is 0 Å². The van der Waals surface area contributed by atoms with Crippen LogP contribution < -0.4 is 10.1 Å². The second-order valence-electron chi connectivity index (χ2n) is 3.96. The van der Waals surface area contributed by atoms with E-state index >= 15 is 0 Å². The highest BCUT2D eigenvalue weighted by atomic mass is 31.2. The summed E-state index contributed by atoms with van der Waals surface area (Å²) < 4.78 is 15.7. The lowest BCUT2D eigenvalue weighted by molar-refractivity contribution is 0.0953. The summed E-state index contributed by atoms with van der Waals surface area (Å²) in [6, 6.07) is 6.85. The third-order valence-electron chi connectivity index (χ3n) is 2.52. The first-order valence-corrected chi connectivity index (χ1v) is 7.18. The number of aromatic nitrogens is 1. The van der Waals surface area contributed by atoms with Crippen LogP contribution in [0, 0.1) is 0 Å². The smallest absolute Gasteiger partial charge is 0.344 e. The maximum absolute atomic E-state index is 11.7. The van der Waals surface area contributed by atoms with Crippen molar-refractivity contribution < 1.29 is 23.9 Å². The predicted molar refractivity (Wildman–Crippen MR) is 69.2 cm³/mol. The van der Waals surface area contributed by atoms with E-state index in [2.05, 4.69) is 10.3 Å². The van der Waals surface area contributed by atoms with Crippen LogP contribution in [0.25, 0.3) is 10.9 Å². The molecular formula is C11H13N2O5P. The highest BCUT2D eigenvalue weighted by Gasteiger charge is 2.16. The van der Waals surface area contributed by atoms with Gasteiger partial charge in [0.25, 0.3) is 5.91 Å². The van der Waals surface area contributed by atoms with Crippen molar-refractivity contribution in [3.8, 4) is 5.75 Å². The Morgan fingerprint density at radius 1 is 1.42 bits per heavy atom. The maximum atomic E-state index is 11.7. The standard InChI is InChI=1S/C11H13N2O5P/c1-18-8-2-3-9-7(4-8)5-10(13-9)11(14)12-6-19(15,16)17/h2-5,13H,6H2,1H3,(H,12,14)(H2,15,16,17). The molecule has 19 heavy (non-hydrogen) atoms. The fourth-order valence-corrected chi connectivity index (χ4v) is 1.98. The van der Waals surface area contributed by atoms with Crippen molar-refractivity contribution in [1.82, 2.24) is 10.3 Å². The molecular weight excluding hydrogens is 271 g/mol. The average molecular weight is 284 g/mol. The number of rotatable bonds is 4. The third kappa shape index (κ3) is 3.35. The number of amides is 1. The van der Waals surface area contributed by atoms with Crippen molar-refractivity contribution in [2.75, 3.05) is 13.4 Å². The van der Waals surface area contributed by atoms with Gasteiger partial charge in [0.15, 0.2) is 0 Å². The van der Waals surface area contributed by atoms with Gasteiger partial charge >= 0.3 is 7.60 Å². The van der Waals surface area contributed by atoms with Gasteiger partial charge in [0.05, 0.1) is 7.11 Å². The highest BCUT2D eigenvalue weighted by molar-refractivity contribution is 7.51. The molecule has 0 radical (unpaired) electrons. The number of H-pyrrole nitrogens is 1. The molecule has 1 heterocycles. The van der Waals surface area contributed by atoms with Gasteiger partial charge in [-0.3, -0.25) is 9.36 Å². The minimum absolute atomic E-state index is 0.233. The molecule has 2 rings (SSSR count). The van der Waals surface area contributed by atoms with E-state index in [9.17, 15) is 9.36 Å². The van der Waals surface area contributed by atoms with Gasteiger partial charge in [-0.05, 0) is 24.3 Å². The number of ether oxygens (including phenoxy) is 1. The fraction of sp³-hybridized carbons (Fsp3) is 0.182. The van der Waals surface area contributed by atoms with E-state index in [0.29, 0.717) is 5.75 Å². The Bertz CT molecular complexity index is 660. The molecule has 0 fully saturated rings. The van der Waals surface area contributed by atoms with Crippen LogP contribution in [0.3, 0.4) is 0 Å². The number of carbonyl (C=O) groups excluding carboxylic acids is 1. The largest absolute Gasteiger partial charge is 0.497 e. The molecule has 4 N–H and O–H groups in total. The number of aromatic amines is 1. The molecule has 2 aromatic rings. The third-order valence-corrected chi connectivity index (χ3v) is 3.09. The summed E-state index contributed by atoms with van der Waals surface area (Å²) in [5.74, 6) is 0.0900. The molecule has 1 aromatic carbocycles. The van der Waals surface area contributed by atoms with Crippen LogP contribution >= 0.6 is 7.60 Å². The van der Waals surface area contributed by atoms with Crippen LogP contribution in [0.15, 0.2) is 24.3 Å². The van der Waals surface area contributed by atoms with E-state index in [1.807, 2.05) is 0 Å². The van der Waals surface area contributed by atoms with Crippen LogP contribution in [0.2, 0.25) is 0 Å². The minimum Gasteiger partial charge on any atom is -0.497 e. The Balaban J connectivity index is 2.21. The summed E-state index contributed by atoms with van der Waals surface area (Å²) in [6.07, 6.45) is -0.690. The number of nitrogens with one attached hydrogen (secondary N) is 2. The van der Waals surface area contributed by atoms with E-state index in [4.69, 9.17) is 14.5 Å². The van der Waals surface area contributed by atoms with Gasteiger partial charge < -0.3 is 24.8 Å². The lowest BCUT2D eigenvalue weighted by atomic mass is 10.2. The number of hydrogen-bond donors (Lipinski definition) is 4. The van der Waals surface area contributed by atoms with Crippen LogP contribution in [0.4, 0.5) is 0 Å². The van der Waals surface area contributed by atoms with Gasteiger partial charge in [-0.25, -0.2) is 0 Å². The molecule has 0 aliphatic carbocycles. The first-order valence-electron chi connectivity index (χ1n) is 5.38. The first-order chi connectivity index (χ1) is 8.89. The SMILES string of the molecule is COc1ccc2[nH]c(C(=O)NCP(=O)(O)O)cc2c1. The zero-order valence-electron chi connectivity index (χ0n) is 10.1. The molecule has 8 heteroatoms. The molecule has 0 spiro atoms. The first kappa shape index (κ1) is 13.6. The summed E-state index contributed by atoms with van der Waals surface area (Å²) in [7, 11) is -2.71. The van der Waals surface area contributed by atoms with Crippen LogP contribution in [-0.2, 0) is 4.57 Å². The second-order valence-corrected chi connectivity index (χ2v) is 5.61. The Morgan fingerprint density at radius 2 is 2.16 bits per heavy atom. The molecule has 0 bridgehead atoms. The molecule has 0 saturated heterocycles. The van der Waals surface area contributed by atoms with Crippen molar-refractivity contribution >= 4 is 24.4 Å². The summed E-state index contributed by atoms with van der Waals surface area (Å²) >= 11 is 0. The monoisotopic (exact) mass is 284 g/mol. The lowest BCUT2D eigenvalue weighted by Gasteiger charge is -2.04. The average Bonchev–Trinajstić information content (AvgIpc) is 2.77. The number of hydrogen-bond acceptors (Lipinski definition) is 3. The summed E-state index contributed by atoms with van der Waals surface area (Å²) in [5, 5.41) is 2.94. The fourth-order valence-electron chi connectivity index (χ4n) is 1.63.